The van der Waals surface area contributed by atoms with Crippen molar-refractivity contribution in [1.29, 1.82) is 10.8 Å². The minimum Gasteiger partial charge on any atom is -0.384 e. The highest BCUT2D eigenvalue weighted by atomic mass is 35.5. The van der Waals surface area contributed by atoms with E-state index in [9.17, 15) is 0 Å². The Balaban J connectivity index is 0.00000156. The Kier molecular flexibility index (Phi) is 6.60. The molecule has 3 heterocycles. The molecule has 0 radical (unpaired) electrons. The topological polar surface area (TPSA) is 152 Å². The van der Waals surface area contributed by atoms with Crippen LogP contribution in [-0.4, -0.2) is 26.8 Å². The summed E-state index contributed by atoms with van der Waals surface area (Å²) in [5.41, 5.74) is 13.6. The molecule has 3 aromatic heterocycles. The van der Waals surface area contributed by atoms with E-state index in [2.05, 4.69) is 15.1 Å². The summed E-state index contributed by atoms with van der Waals surface area (Å²) in [6, 6.07) is 8.39. The van der Waals surface area contributed by atoms with Gasteiger partial charge in [0.05, 0.1) is 5.69 Å². The Labute approximate surface area is 155 Å². The molecule has 25 heavy (non-hydrogen) atoms. The van der Waals surface area contributed by atoms with Gasteiger partial charge in [0.15, 0.2) is 5.76 Å². The van der Waals surface area contributed by atoms with Gasteiger partial charge < -0.3 is 16.0 Å². The molecule has 3 aromatic rings. The first-order valence-corrected chi connectivity index (χ1v) is 6.63. The number of rotatable bonds is 4. The van der Waals surface area contributed by atoms with Crippen LogP contribution >= 0.6 is 24.8 Å². The summed E-state index contributed by atoms with van der Waals surface area (Å²) in [5.74, 6) is 0.352. The van der Waals surface area contributed by atoms with Crippen molar-refractivity contribution >= 4 is 36.5 Å². The normalized spacial score (nSPS) is 9.60. The van der Waals surface area contributed by atoms with Crippen LogP contribution in [0.15, 0.2) is 47.2 Å². The predicted octanol–water partition coefficient (Wildman–Crippen LogP) is 2.21. The number of amidine groups is 2. The van der Waals surface area contributed by atoms with Crippen LogP contribution in [0, 0.1) is 10.8 Å². The van der Waals surface area contributed by atoms with Gasteiger partial charge in [-0.05, 0) is 24.3 Å². The lowest BCUT2D eigenvalue weighted by molar-refractivity contribution is 0.433. The fourth-order valence-electron chi connectivity index (χ4n) is 1.95. The molecular weight excluding hydrogens is 365 g/mol. The molecule has 0 saturated heterocycles. The molecule has 0 unspecified atom stereocenters. The number of nitrogen functional groups attached to an aromatic ring is 2. The molecule has 0 aliphatic heterocycles. The van der Waals surface area contributed by atoms with E-state index in [1.54, 1.807) is 36.5 Å². The number of hydrogen-bond donors (Lipinski definition) is 4. The summed E-state index contributed by atoms with van der Waals surface area (Å²) in [7, 11) is 0. The fraction of sp³-hybridized carbons (Fsp3) is 0. The lowest BCUT2D eigenvalue weighted by Crippen LogP contribution is -2.11. The summed E-state index contributed by atoms with van der Waals surface area (Å²) in [6.45, 7) is 0. The summed E-state index contributed by atoms with van der Waals surface area (Å²) >= 11 is 0. The molecule has 0 amide bonds. The van der Waals surface area contributed by atoms with Crippen molar-refractivity contribution in [1.82, 2.24) is 15.1 Å². The Hall–Kier alpha value is -2.97. The van der Waals surface area contributed by atoms with Crippen molar-refractivity contribution in [3.05, 3.63) is 53.9 Å². The lowest BCUT2D eigenvalue weighted by atomic mass is 10.1. The predicted molar refractivity (Wildman–Crippen MR) is 99.5 cm³/mol. The molecule has 10 heteroatoms. The van der Waals surface area contributed by atoms with Crippen molar-refractivity contribution in [3.63, 3.8) is 0 Å². The molecule has 0 aliphatic carbocycles. The van der Waals surface area contributed by atoms with E-state index in [4.69, 9.17) is 26.8 Å². The zero-order valence-electron chi connectivity index (χ0n) is 12.8. The molecule has 3 rings (SSSR count). The number of nitrogens with zero attached hydrogens (tertiary/aromatic N) is 3. The van der Waals surface area contributed by atoms with Gasteiger partial charge in [-0.15, -0.1) is 24.8 Å². The SMILES string of the molecule is Cl.Cl.N=C(N)c1ccc(-c2cc(-c3cc(C(=N)N)ccn3)on2)nc1. The van der Waals surface area contributed by atoms with Crippen LogP contribution in [0.2, 0.25) is 0 Å². The second kappa shape index (κ2) is 8.22. The first-order valence-electron chi connectivity index (χ1n) is 6.63. The van der Waals surface area contributed by atoms with Crippen LogP contribution in [0.3, 0.4) is 0 Å². The van der Waals surface area contributed by atoms with E-state index in [1.807, 2.05) is 0 Å². The second-order valence-electron chi connectivity index (χ2n) is 4.77. The van der Waals surface area contributed by atoms with E-state index in [-0.39, 0.29) is 36.5 Å². The van der Waals surface area contributed by atoms with Crippen molar-refractivity contribution in [2.75, 3.05) is 0 Å². The highest BCUT2D eigenvalue weighted by molar-refractivity contribution is 5.96. The van der Waals surface area contributed by atoms with Crippen LogP contribution in [0.25, 0.3) is 22.8 Å². The maximum Gasteiger partial charge on any atom is 0.185 e. The molecule has 8 nitrogen and oxygen atoms in total. The average Bonchev–Trinajstić information content (AvgIpc) is 3.05. The molecule has 0 saturated carbocycles. The minimum absolute atomic E-state index is 0. The van der Waals surface area contributed by atoms with Crippen molar-refractivity contribution in [2.24, 2.45) is 11.5 Å². The number of halogens is 2. The molecule has 0 atom stereocenters. The van der Waals surface area contributed by atoms with Gasteiger partial charge in [-0.3, -0.25) is 20.8 Å². The van der Waals surface area contributed by atoms with Crippen molar-refractivity contribution in [2.45, 2.75) is 0 Å². The molecule has 0 aliphatic rings. The first-order chi connectivity index (χ1) is 11.0. The quantitative estimate of drug-likeness (QED) is 0.402. The Bertz CT molecular complexity index is 893. The molecule has 6 N–H and O–H groups in total. The third kappa shape index (κ3) is 4.31. The smallest absolute Gasteiger partial charge is 0.185 e. The van der Waals surface area contributed by atoms with Crippen molar-refractivity contribution in [3.8, 4) is 22.8 Å². The monoisotopic (exact) mass is 379 g/mol. The van der Waals surface area contributed by atoms with Crippen LogP contribution in [0.4, 0.5) is 0 Å². The van der Waals surface area contributed by atoms with Gasteiger partial charge in [0, 0.05) is 29.6 Å². The Morgan fingerprint density at radius 1 is 0.840 bits per heavy atom. The number of nitrogens with two attached hydrogens (primary N) is 2. The number of pyridine rings is 2. The number of hydrogen-bond acceptors (Lipinski definition) is 6. The van der Waals surface area contributed by atoms with Crippen molar-refractivity contribution < 1.29 is 4.52 Å². The summed E-state index contributed by atoms with van der Waals surface area (Å²) in [4.78, 5) is 8.39. The standard InChI is InChI=1S/C15H13N7O.2ClH/c16-14(17)8-3-4-20-12(5-8)13-6-11(22-23-13)10-2-1-9(7-21-10)15(18)19;;/h1-7H,(H3,16,17)(H3,18,19);2*1H. The molecule has 0 bridgehead atoms. The largest absolute Gasteiger partial charge is 0.384 e. The van der Waals surface area contributed by atoms with E-state index < -0.39 is 0 Å². The highest BCUT2D eigenvalue weighted by Crippen LogP contribution is 2.24. The maximum atomic E-state index is 7.46. The minimum atomic E-state index is -0.0464. The second-order valence-corrected chi connectivity index (χ2v) is 4.77. The van der Waals surface area contributed by atoms with Crippen LogP contribution in [0.1, 0.15) is 11.1 Å². The third-order valence-corrected chi connectivity index (χ3v) is 3.17. The fourth-order valence-corrected chi connectivity index (χ4v) is 1.95. The highest BCUT2D eigenvalue weighted by Gasteiger charge is 2.12. The van der Waals surface area contributed by atoms with Crippen LogP contribution in [0.5, 0.6) is 0 Å². The van der Waals surface area contributed by atoms with Crippen LogP contribution in [-0.2, 0) is 0 Å². The lowest BCUT2D eigenvalue weighted by Gasteiger charge is -1.99. The first kappa shape index (κ1) is 20.1. The van der Waals surface area contributed by atoms with Gasteiger partial charge in [-0.2, -0.15) is 0 Å². The van der Waals surface area contributed by atoms with Crippen LogP contribution < -0.4 is 11.5 Å². The van der Waals surface area contributed by atoms with E-state index in [1.165, 1.54) is 6.20 Å². The van der Waals surface area contributed by atoms with E-state index >= 15 is 0 Å². The third-order valence-electron chi connectivity index (χ3n) is 3.17. The maximum absolute atomic E-state index is 7.46. The van der Waals surface area contributed by atoms with Gasteiger partial charge in [0.2, 0.25) is 0 Å². The van der Waals surface area contributed by atoms with Gasteiger partial charge in [0.25, 0.3) is 0 Å². The molecule has 0 aromatic carbocycles. The van der Waals surface area contributed by atoms with E-state index in [0.717, 1.165) is 0 Å². The van der Waals surface area contributed by atoms with E-state index in [0.29, 0.717) is 34.0 Å². The Morgan fingerprint density at radius 3 is 2.16 bits per heavy atom. The van der Waals surface area contributed by atoms with Gasteiger partial charge in [0.1, 0.15) is 23.1 Å². The Morgan fingerprint density at radius 2 is 1.56 bits per heavy atom. The molecule has 0 fully saturated rings. The number of nitrogens with one attached hydrogen (secondary N) is 2. The molecular formula is C15H15Cl2N7O. The summed E-state index contributed by atoms with van der Waals surface area (Å²) in [6.07, 6.45) is 3.05. The van der Waals surface area contributed by atoms with Gasteiger partial charge in [-0.25, -0.2) is 0 Å². The number of aromatic nitrogens is 3. The molecule has 130 valence electrons. The van der Waals surface area contributed by atoms with Gasteiger partial charge >= 0.3 is 0 Å². The summed E-state index contributed by atoms with van der Waals surface area (Å²) in [5, 5.41) is 18.8. The summed E-state index contributed by atoms with van der Waals surface area (Å²) < 4.78 is 5.29. The van der Waals surface area contributed by atoms with Gasteiger partial charge in [-0.1, -0.05) is 5.16 Å². The molecule has 0 spiro atoms. The zero-order valence-corrected chi connectivity index (χ0v) is 14.4. The average molecular weight is 380 g/mol. The zero-order chi connectivity index (χ0) is 16.4.